The molecule has 64 heavy (non-hydrogen) atoms. The molecule has 0 bridgehead atoms. The van der Waals surface area contributed by atoms with Gasteiger partial charge in [-0.3, -0.25) is 14.4 Å². The summed E-state index contributed by atoms with van der Waals surface area (Å²) in [6, 6.07) is -4.69. The highest BCUT2D eigenvalue weighted by Crippen LogP contribution is 2.35. The van der Waals surface area contributed by atoms with Crippen LogP contribution in [-0.4, -0.2) is 264 Å². The van der Waals surface area contributed by atoms with Gasteiger partial charge in [-0.25, -0.2) is 0 Å². The Morgan fingerprint density at radius 3 is 1.48 bits per heavy atom. The third kappa shape index (κ3) is 11.6. The van der Waals surface area contributed by atoms with Crippen LogP contribution in [-0.2, 0) is 57.0 Å². The van der Waals surface area contributed by atoms with Crippen molar-refractivity contribution >= 4 is 17.7 Å². The fourth-order valence-electron chi connectivity index (χ4n) is 8.06. The molecule has 5 aliphatic heterocycles. The van der Waals surface area contributed by atoms with Crippen LogP contribution in [0.3, 0.4) is 0 Å². The second-order valence-electron chi connectivity index (χ2n) is 16.2. The third-order valence-electron chi connectivity index (χ3n) is 11.5. The number of hydrogen-bond acceptors (Lipinski definition) is 25. The molecule has 28 heteroatoms. The molecule has 0 spiro atoms. The van der Waals surface area contributed by atoms with E-state index in [-0.39, 0.29) is 0 Å². The molecule has 5 fully saturated rings. The van der Waals surface area contributed by atoms with Gasteiger partial charge in [-0.1, -0.05) is 0 Å². The Hall–Kier alpha value is -2.47. The van der Waals surface area contributed by atoms with Crippen molar-refractivity contribution in [2.45, 2.75) is 181 Å². The first kappa shape index (κ1) is 52.5. The summed E-state index contributed by atoms with van der Waals surface area (Å²) in [6.45, 7) is 1.13. The maximum atomic E-state index is 12.5. The highest BCUT2D eigenvalue weighted by molar-refractivity contribution is 5.74. The molecule has 370 valence electrons. The summed E-state index contributed by atoms with van der Waals surface area (Å²) in [5, 5.41) is 146. The fourth-order valence-corrected chi connectivity index (χ4v) is 8.06. The third-order valence-corrected chi connectivity index (χ3v) is 11.5. The monoisotopic (exact) mass is 935 g/mol. The van der Waals surface area contributed by atoms with E-state index in [4.69, 9.17) is 42.6 Å². The molecule has 5 rings (SSSR count). The van der Waals surface area contributed by atoms with Crippen LogP contribution in [0, 0.1) is 0 Å². The highest BCUT2D eigenvalue weighted by atomic mass is 16.8. The number of aliphatic hydroxyl groups is 13. The second kappa shape index (κ2) is 22.6. The molecule has 3 amide bonds. The normalized spacial score (nSPS) is 47.7. The molecule has 28 nitrogen and oxygen atoms in total. The Bertz CT molecular complexity index is 1540. The molecular weight excluding hydrogens is 874 g/mol. The summed E-state index contributed by atoms with van der Waals surface area (Å²) in [6.07, 6.45) is -38.1. The van der Waals surface area contributed by atoms with E-state index in [0.717, 1.165) is 20.8 Å². The van der Waals surface area contributed by atoms with Gasteiger partial charge < -0.3 is 125 Å². The highest BCUT2D eigenvalue weighted by Gasteiger charge is 2.56. The van der Waals surface area contributed by atoms with E-state index in [1.165, 1.54) is 6.92 Å². The van der Waals surface area contributed by atoms with Crippen LogP contribution in [0.2, 0.25) is 0 Å². The maximum absolute atomic E-state index is 12.5. The number of rotatable bonds is 15. The van der Waals surface area contributed by atoms with E-state index in [2.05, 4.69) is 16.0 Å². The van der Waals surface area contributed by atoms with Gasteiger partial charge in [0.2, 0.25) is 17.7 Å². The van der Waals surface area contributed by atoms with Crippen molar-refractivity contribution in [2.24, 2.45) is 0 Å². The molecule has 5 saturated heterocycles. The fraction of sp³-hybridized carbons (Fsp3) is 0.917. The van der Waals surface area contributed by atoms with Crippen LogP contribution in [0.15, 0.2) is 0 Å². The lowest BCUT2D eigenvalue weighted by molar-refractivity contribution is -0.383. The first-order valence-electron chi connectivity index (χ1n) is 20.4. The predicted molar refractivity (Wildman–Crippen MR) is 200 cm³/mol. The molecule has 0 radical (unpaired) electrons. The van der Waals surface area contributed by atoms with Gasteiger partial charge in [0.1, 0.15) is 116 Å². The Balaban J connectivity index is 1.36. The average Bonchev–Trinajstić information content (AvgIpc) is 3.24. The molecule has 0 aromatic heterocycles. The summed E-state index contributed by atoms with van der Waals surface area (Å²) in [4.78, 5) is 36.7. The van der Waals surface area contributed by atoms with Crippen molar-refractivity contribution in [3.8, 4) is 0 Å². The number of aliphatic hydroxyl groups excluding tert-OH is 13. The summed E-state index contributed by atoms with van der Waals surface area (Å²) in [5.74, 6) is -2.20. The van der Waals surface area contributed by atoms with E-state index in [0.29, 0.717) is 0 Å². The minimum absolute atomic E-state index is 0.707. The number of amides is 3. The lowest BCUT2D eigenvalue weighted by atomic mass is 9.94. The van der Waals surface area contributed by atoms with Gasteiger partial charge in [-0.2, -0.15) is 0 Å². The van der Waals surface area contributed by atoms with Crippen LogP contribution < -0.4 is 16.0 Å². The van der Waals surface area contributed by atoms with Crippen molar-refractivity contribution in [1.82, 2.24) is 16.0 Å². The molecule has 0 saturated carbocycles. The quantitative estimate of drug-likeness (QED) is 0.0725. The summed E-state index contributed by atoms with van der Waals surface area (Å²) in [5.41, 5.74) is 0. The van der Waals surface area contributed by atoms with Crippen LogP contribution >= 0.6 is 0 Å². The Morgan fingerprint density at radius 1 is 0.438 bits per heavy atom. The van der Waals surface area contributed by atoms with Crippen molar-refractivity contribution in [3.63, 3.8) is 0 Å². The van der Waals surface area contributed by atoms with Crippen LogP contribution in [0.4, 0.5) is 0 Å². The van der Waals surface area contributed by atoms with Crippen molar-refractivity contribution < 1.29 is 123 Å². The van der Waals surface area contributed by atoms with Gasteiger partial charge in [0.25, 0.3) is 0 Å². The van der Waals surface area contributed by atoms with Gasteiger partial charge >= 0.3 is 0 Å². The van der Waals surface area contributed by atoms with E-state index < -0.39 is 197 Å². The number of carbonyl (C=O) groups excluding carboxylic acids is 3. The van der Waals surface area contributed by atoms with Crippen LogP contribution in [0.25, 0.3) is 0 Å². The van der Waals surface area contributed by atoms with Gasteiger partial charge in [0.15, 0.2) is 31.5 Å². The molecule has 0 aliphatic carbocycles. The molecule has 25 atom stereocenters. The molecule has 0 aromatic carbocycles. The van der Waals surface area contributed by atoms with Crippen molar-refractivity contribution in [1.29, 1.82) is 0 Å². The second-order valence-corrected chi connectivity index (χ2v) is 16.2. The Labute approximate surface area is 364 Å². The lowest BCUT2D eigenvalue weighted by Gasteiger charge is -2.49. The molecule has 5 unspecified atom stereocenters. The smallest absolute Gasteiger partial charge is 0.217 e. The van der Waals surface area contributed by atoms with E-state index in [9.17, 15) is 80.8 Å². The Kier molecular flexibility index (Phi) is 18.5. The minimum atomic E-state index is -1.97. The van der Waals surface area contributed by atoms with Crippen molar-refractivity contribution in [2.75, 3.05) is 26.4 Å². The maximum Gasteiger partial charge on any atom is 0.217 e. The van der Waals surface area contributed by atoms with Gasteiger partial charge in [0.05, 0.1) is 32.5 Å². The summed E-state index contributed by atoms with van der Waals surface area (Å²) >= 11 is 0. The predicted octanol–water partition coefficient (Wildman–Crippen LogP) is -10.5. The standard InChI is InChI=1S/C36H61N3O25/c1-9-20(46)26(52)28(54)35(57-9)64-31-27(53)22(48)14(6-41)60-36(31)62-29-15(7-42)61-33(18(25(29)51)38-11(3)44)56-8-16-23(49)30(19(32(55)58-16)39-12(4)45)63-34-17(37-10(2)43)24(50)21(47)13(5-40)59-34/h9,13-36,40-42,46-55H,5-8H2,1-4H3,(H,37,43)(H,38,44)(H,39,45)/t9-,13+,14+,15+,16+,17+,18+,19+,20+,21+,22-,23-,24+,25+,26+,27-,28-,29+,30+,31+,32?,33?,34?,35?,36?/m0/s1. The Morgan fingerprint density at radius 2 is 0.922 bits per heavy atom. The zero-order valence-corrected chi connectivity index (χ0v) is 35.0. The van der Waals surface area contributed by atoms with E-state index in [1.54, 1.807) is 0 Å². The first-order valence-corrected chi connectivity index (χ1v) is 20.4. The van der Waals surface area contributed by atoms with Gasteiger partial charge in [-0.05, 0) is 6.92 Å². The summed E-state index contributed by atoms with van der Waals surface area (Å²) in [7, 11) is 0. The molecule has 5 heterocycles. The first-order chi connectivity index (χ1) is 30.1. The summed E-state index contributed by atoms with van der Waals surface area (Å²) < 4.78 is 51.7. The molecule has 0 aromatic rings. The van der Waals surface area contributed by atoms with Crippen LogP contribution in [0.1, 0.15) is 27.7 Å². The van der Waals surface area contributed by atoms with Gasteiger partial charge in [-0.15, -0.1) is 0 Å². The van der Waals surface area contributed by atoms with E-state index >= 15 is 0 Å². The molecule has 16 N–H and O–H groups in total. The largest absolute Gasteiger partial charge is 0.394 e. The molecule has 5 aliphatic rings. The zero-order chi connectivity index (χ0) is 47.5. The number of ether oxygens (including phenoxy) is 9. The average molecular weight is 936 g/mol. The number of hydrogen-bond donors (Lipinski definition) is 16. The van der Waals surface area contributed by atoms with Crippen molar-refractivity contribution in [3.05, 3.63) is 0 Å². The van der Waals surface area contributed by atoms with E-state index in [1.807, 2.05) is 0 Å². The topological polar surface area (TPSA) is 433 Å². The number of carbonyl (C=O) groups is 3. The van der Waals surface area contributed by atoms with Crippen LogP contribution in [0.5, 0.6) is 0 Å². The molecular formula is C36H61N3O25. The SMILES string of the molecule is CC(=O)N[C@H]1C(O[C@H]2[C@@H](O)[C@@H](COC3O[C@H](CO)[C@@H](OC4O[C@H](CO)[C@H](O)[C@H](O)[C@H]4OC4O[C@@H](C)[C@@H](O)[C@@H](O)[C@@H]4O)[C@H](O)[C@H]3NC(C)=O)OC(O)[C@@H]2NC(C)=O)O[C@H](CO)[C@@H](O)[C@@H]1O. The zero-order valence-electron chi connectivity index (χ0n) is 35.0. The minimum Gasteiger partial charge on any atom is -0.394 e. The number of nitrogens with one attached hydrogen (secondary N) is 3. The van der Waals surface area contributed by atoms with Gasteiger partial charge in [0, 0.05) is 20.8 Å². The lowest BCUT2D eigenvalue weighted by Crippen LogP contribution is -2.70.